The molecule has 0 aromatic heterocycles. The predicted molar refractivity (Wildman–Crippen MR) is 106 cm³/mol. The molecule has 0 fully saturated rings. The maximum Gasteiger partial charge on any atom is 0.334 e. The first kappa shape index (κ1) is 17.3. The molecule has 8 heteroatoms. The maximum atomic E-state index is 13.3. The lowest BCUT2D eigenvalue weighted by Gasteiger charge is -2.43. The molecule has 2 heterocycles. The Morgan fingerprint density at radius 2 is 1.81 bits per heavy atom. The van der Waals surface area contributed by atoms with E-state index >= 15 is 0 Å². The van der Waals surface area contributed by atoms with Gasteiger partial charge in [-0.15, -0.1) is 0 Å². The number of ether oxygens (including phenoxy) is 2. The lowest BCUT2D eigenvalue weighted by atomic mass is 10.2. The van der Waals surface area contributed by atoms with Crippen LogP contribution in [0.4, 0.5) is 16.2 Å². The lowest BCUT2D eigenvalue weighted by molar-refractivity contribution is 0.172. The van der Waals surface area contributed by atoms with E-state index in [4.69, 9.17) is 25.8 Å². The number of nitrogens with zero attached hydrogens (tertiary/aromatic N) is 2. The fourth-order valence-corrected chi connectivity index (χ4v) is 6.30. The molecule has 26 heavy (non-hydrogen) atoms. The molecule has 0 saturated heterocycles. The number of benzene rings is 2. The Hall–Kier alpha value is -2.08. The molecule has 0 radical (unpaired) electrons. The summed E-state index contributed by atoms with van der Waals surface area (Å²) >= 11 is 5.97. The summed E-state index contributed by atoms with van der Waals surface area (Å²) in [6.07, 6.45) is -2.83. The van der Waals surface area contributed by atoms with Crippen molar-refractivity contribution in [1.82, 2.24) is 0 Å². The molecule has 0 unspecified atom stereocenters. The standard InChI is InChI=1S/C18H19N2O4PS/c1-3-19-14-11-15-16(24-10-9-23-15)12-17(14)25(26,22-2)20(18(19)21)13-7-5-4-6-8-13/h4-8,11-12H,3,9-10H2,1-2H3/t25-/m1/s1. The molecule has 0 N–H and O–H groups in total. The van der Waals surface area contributed by atoms with Gasteiger partial charge in [0.1, 0.15) is 13.2 Å². The van der Waals surface area contributed by atoms with Crippen LogP contribution < -0.4 is 24.3 Å². The maximum absolute atomic E-state index is 13.3. The second-order valence-electron chi connectivity index (χ2n) is 5.86. The molecule has 0 bridgehead atoms. The summed E-state index contributed by atoms with van der Waals surface area (Å²) in [5.74, 6) is 1.27. The molecule has 6 nitrogen and oxygen atoms in total. The number of anilines is 2. The van der Waals surface area contributed by atoms with Gasteiger partial charge < -0.3 is 14.0 Å². The van der Waals surface area contributed by atoms with Crippen LogP contribution in [0.3, 0.4) is 0 Å². The minimum Gasteiger partial charge on any atom is -0.486 e. The Morgan fingerprint density at radius 3 is 2.42 bits per heavy atom. The van der Waals surface area contributed by atoms with Gasteiger partial charge in [0.2, 0.25) is 0 Å². The van der Waals surface area contributed by atoms with Gasteiger partial charge in [0.05, 0.1) is 16.7 Å². The molecule has 1 atom stereocenters. The van der Waals surface area contributed by atoms with Crippen molar-refractivity contribution in [3.05, 3.63) is 42.5 Å². The van der Waals surface area contributed by atoms with Crippen LogP contribution in [0.25, 0.3) is 0 Å². The number of para-hydroxylation sites is 1. The van der Waals surface area contributed by atoms with Crippen molar-refractivity contribution in [2.75, 3.05) is 36.4 Å². The number of rotatable bonds is 3. The minimum absolute atomic E-state index is 0.187. The molecule has 2 aliphatic rings. The molecule has 2 aliphatic heterocycles. The number of hydrogen-bond donors (Lipinski definition) is 0. The Morgan fingerprint density at radius 1 is 1.15 bits per heavy atom. The summed E-state index contributed by atoms with van der Waals surface area (Å²) in [4.78, 5) is 15.0. The van der Waals surface area contributed by atoms with E-state index in [2.05, 4.69) is 0 Å². The van der Waals surface area contributed by atoms with E-state index in [1.54, 1.807) is 16.7 Å². The van der Waals surface area contributed by atoms with Gasteiger partial charge in [0.25, 0.3) is 0 Å². The zero-order valence-electron chi connectivity index (χ0n) is 14.5. The molecule has 2 aromatic carbocycles. The number of hydrogen-bond acceptors (Lipinski definition) is 5. The first-order chi connectivity index (χ1) is 12.6. The average molecular weight is 390 g/mol. The van der Waals surface area contributed by atoms with Crippen molar-refractivity contribution < 1.29 is 18.8 Å². The van der Waals surface area contributed by atoms with Crippen LogP contribution in [-0.4, -0.2) is 32.9 Å². The van der Waals surface area contributed by atoms with Crippen molar-refractivity contribution in [3.8, 4) is 11.5 Å². The third kappa shape index (κ3) is 2.50. The molecular formula is C18H19N2O4PS. The number of urea groups is 1. The summed E-state index contributed by atoms with van der Waals surface area (Å²) in [5, 5.41) is 0.796. The molecule has 2 aromatic rings. The van der Waals surface area contributed by atoms with E-state index in [1.165, 1.54) is 0 Å². The fraction of sp³-hybridized carbons (Fsp3) is 0.278. The minimum atomic E-state index is -2.83. The second kappa shape index (κ2) is 6.58. The molecule has 2 amide bonds. The molecule has 0 saturated carbocycles. The van der Waals surface area contributed by atoms with Gasteiger partial charge in [-0.05, 0) is 36.9 Å². The van der Waals surface area contributed by atoms with Gasteiger partial charge in [0.15, 0.2) is 17.9 Å². The quantitative estimate of drug-likeness (QED) is 0.751. The van der Waals surface area contributed by atoms with Gasteiger partial charge in [0, 0.05) is 19.7 Å². The number of fused-ring (bicyclic) bond motifs is 2. The predicted octanol–water partition coefficient (Wildman–Crippen LogP) is 3.51. The third-order valence-electron chi connectivity index (χ3n) is 4.47. The topological polar surface area (TPSA) is 51.2 Å². The first-order valence-corrected chi connectivity index (χ1v) is 11.0. The van der Waals surface area contributed by atoms with Crippen LogP contribution in [0.1, 0.15) is 6.92 Å². The van der Waals surface area contributed by atoms with Crippen LogP contribution in [0.2, 0.25) is 0 Å². The van der Waals surface area contributed by atoms with Gasteiger partial charge in [-0.3, -0.25) is 4.90 Å². The normalized spacial score (nSPS) is 21.5. The molecule has 4 rings (SSSR count). The monoisotopic (exact) mass is 390 g/mol. The van der Waals surface area contributed by atoms with Crippen LogP contribution in [0.5, 0.6) is 11.5 Å². The van der Waals surface area contributed by atoms with Gasteiger partial charge in [-0.1, -0.05) is 18.2 Å². The van der Waals surface area contributed by atoms with Gasteiger partial charge in [-0.25, -0.2) is 9.46 Å². The smallest absolute Gasteiger partial charge is 0.334 e. The van der Waals surface area contributed by atoms with E-state index in [1.807, 2.05) is 49.4 Å². The SMILES string of the molecule is CCN1C(=O)N(c2ccccc2)[P@@](=S)(OC)c2cc3c(cc21)OCCO3. The molecule has 136 valence electrons. The van der Waals surface area contributed by atoms with Gasteiger partial charge in [-0.2, -0.15) is 0 Å². The number of amides is 2. The Labute approximate surface area is 157 Å². The van der Waals surface area contributed by atoms with E-state index in [0.29, 0.717) is 31.3 Å². The van der Waals surface area contributed by atoms with E-state index in [-0.39, 0.29) is 6.03 Å². The summed E-state index contributed by atoms with van der Waals surface area (Å²) < 4.78 is 18.9. The van der Waals surface area contributed by atoms with E-state index < -0.39 is 6.42 Å². The van der Waals surface area contributed by atoms with Crippen LogP contribution in [0, 0.1) is 0 Å². The zero-order chi connectivity index (χ0) is 18.3. The Kier molecular flexibility index (Phi) is 4.39. The second-order valence-corrected chi connectivity index (χ2v) is 9.63. The van der Waals surface area contributed by atoms with Gasteiger partial charge >= 0.3 is 6.03 Å². The summed E-state index contributed by atoms with van der Waals surface area (Å²) in [7, 11) is 1.56. The summed E-state index contributed by atoms with van der Waals surface area (Å²) in [5.41, 5.74) is 1.46. The zero-order valence-corrected chi connectivity index (χ0v) is 16.3. The Bertz CT molecular complexity index is 906. The number of carbonyl (C=O) groups excluding carboxylic acids is 1. The largest absolute Gasteiger partial charge is 0.486 e. The summed E-state index contributed by atoms with van der Waals surface area (Å²) in [6, 6.07) is 12.9. The van der Waals surface area contributed by atoms with Crippen LogP contribution in [-0.2, 0) is 16.3 Å². The number of carbonyl (C=O) groups is 1. The molecular weight excluding hydrogens is 371 g/mol. The third-order valence-corrected chi connectivity index (χ3v) is 8.39. The van der Waals surface area contributed by atoms with Crippen molar-refractivity contribution in [3.63, 3.8) is 0 Å². The molecule has 0 spiro atoms. The lowest BCUT2D eigenvalue weighted by Crippen LogP contribution is -2.50. The van der Waals surface area contributed by atoms with E-state index in [9.17, 15) is 4.79 Å². The van der Waals surface area contributed by atoms with Crippen molar-refractivity contribution in [2.45, 2.75) is 6.92 Å². The Balaban J connectivity index is 1.97. The summed E-state index contributed by atoms with van der Waals surface area (Å²) in [6.45, 7) is 3.41. The highest BCUT2D eigenvalue weighted by Crippen LogP contribution is 2.58. The first-order valence-electron chi connectivity index (χ1n) is 8.37. The highest BCUT2D eigenvalue weighted by molar-refractivity contribution is 8.17. The van der Waals surface area contributed by atoms with Crippen molar-refractivity contribution in [1.29, 1.82) is 0 Å². The highest BCUT2D eigenvalue weighted by atomic mass is 32.4. The average Bonchev–Trinajstić information content (AvgIpc) is 2.68. The van der Waals surface area contributed by atoms with Crippen molar-refractivity contribution >= 4 is 40.9 Å². The van der Waals surface area contributed by atoms with E-state index in [0.717, 1.165) is 16.7 Å². The molecule has 0 aliphatic carbocycles. The fourth-order valence-electron chi connectivity index (χ4n) is 3.26. The highest BCUT2D eigenvalue weighted by Gasteiger charge is 2.44. The van der Waals surface area contributed by atoms with Crippen molar-refractivity contribution in [2.24, 2.45) is 0 Å². The van der Waals surface area contributed by atoms with Crippen LogP contribution >= 0.6 is 6.42 Å². The van der Waals surface area contributed by atoms with Crippen LogP contribution in [0.15, 0.2) is 42.5 Å².